The van der Waals surface area contributed by atoms with Crippen LogP contribution in [-0.4, -0.2) is 57.3 Å². The van der Waals surface area contributed by atoms with Crippen LogP contribution in [0.1, 0.15) is 35.7 Å². The van der Waals surface area contributed by atoms with Gasteiger partial charge in [-0.1, -0.05) is 19.1 Å². The first-order valence-electron chi connectivity index (χ1n) is 10.0. The number of carboxylic acid groups (broad SMARTS) is 1. The van der Waals surface area contributed by atoms with Crippen LogP contribution in [0.2, 0.25) is 0 Å². The molecule has 10 heteroatoms. The van der Waals surface area contributed by atoms with Crippen molar-refractivity contribution in [2.45, 2.75) is 38.4 Å². The summed E-state index contributed by atoms with van der Waals surface area (Å²) in [6.45, 7) is 0.472. The number of alkyl halides is 1. The highest BCUT2D eigenvalue weighted by Crippen LogP contribution is 2.30. The minimum Gasteiger partial charge on any atom is -0.481 e. The van der Waals surface area contributed by atoms with Crippen molar-refractivity contribution in [2.24, 2.45) is 0 Å². The highest BCUT2D eigenvalue weighted by molar-refractivity contribution is 6.02. The van der Waals surface area contributed by atoms with Crippen molar-refractivity contribution in [1.29, 1.82) is 0 Å². The lowest BCUT2D eigenvalue weighted by Crippen LogP contribution is -2.52. The first-order valence-corrected chi connectivity index (χ1v) is 10.0. The second-order valence-electron chi connectivity index (χ2n) is 7.46. The van der Waals surface area contributed by atoms with Crippen LogP contribution in [0, 0.1) is 0 Å². The van der Waals surface area contributed by atoms with Crippen LogP contribution in [-0.2, 0) is 20.9 Å². The van der Waals surface area contributed by atoms with Gasteiger partial charge in [0.1, 0.15) is 24.6 Å². The van der Waals surface area contributed by atoms with Gasteiger partial charge in [0, 0.05) is 18.3 Å². The lowest BCUT2D eigenvalue weighted by atomic mass is 10.0. The minimum atomic E-state index is -1.50. The van der Waals surface area contributed by atoms with Gasteiger partial charge in [-0.25, -0.2) is 9.37 Å². The Hall–Kier alpha value is -3.82. The summed E-state index contributed by atoms with van der Waals surface area (Å²) in [4.78, 5) is 53.9. The third kappa shape index (κ3) is 4.74. The summed E-state index contributed by atoms with van der Waals surface area (Å²) in [5, 5.41) is 11.2. The zero-order chi connectivity index (χ0) is 23.4. The topological polar surface area (TPSA) is 143 Å². The van der Waals surface area contributed by atoms with E-state index in [0.29, 0.717) is 11.4 Å². The number of carbonyl (C=O) groups is 4. The van der Waals surface area contributed by atoms with Crippen LogP contribution in [0.5, 0.6) is 0 Å². The Balaban J connectivity index is 1.81. The normalized spacial score (nSPS) is 14.6. The second-order valence-corrected chi connectivity index (χ2v) is 7.46. The number of fused-ring (bicyclic) bond motifs is 1. The fourth-order valence-corrected chi connectivity index (χ4v) is 3.71. The summed E-state index contributed by atoms with van der Waals surface area (Å²) in [7, 11) is 0. The third-order valence-corrected chi connectivity index (χ3v) is 5.34. The number of carbonyl (C=O) groups excluding carboxylic acids is 3. The fourth-order valence-electron chi connectivity index (χ4n) is 3.71. The van der Waals surface area contributed by atoms with Crippen LogP contribution in [0.15, 0.2) is 36.5 Å². The van der Waals surface area contributed by atoms with E-state index in [4.69, 9.17) is 10.8 Å². The number of nitrogens with two attached hydrogens (primary N) is 1. The summed E-state index contributed by atoms with van der Waals surface area (Å²) in [5.41, 5.74) is 8.46. The number of hydrogen-bond donors (Lipinski definition) is 3. The summed E-state index contributed by atoms with van der Waals surface area (Å²) >= 11 is 0. The number of aromatic nitrogens is 1. The van der Waals surface area contributed by atoms with Crippen molar-refractivity contribution in [3.8, 4) is 11.1 Å². The van der Waals surface area contributed by atoms with Gasteiger partial charge in [0.25, 0.3) is 5.91 Å². The van der Waals surface area contributed by atoms with Gasteiger partial charge in [0.05, 0.1) is 6.42 Å². The lowest BCUT2D eigenvalue weighted by Gasteiger charge is -2.27. The zero-order valence-electron chi connectivity index (χ0n) is 17.4. The van der Waals surface area contributed by atoms with E-state index in [1.807, 2.05) is 6.07 Å². The molecule has 0 spiro atoms. The molecule has 2 unspecified atom stereocenters. The first kappa shape index (κ1) is 22.9. The van der Waals surface area contributed by atoms with Gasteiger partial charge in [0.15, 0.2) is 5.78 Å². The number of aliphatic carboxylic acids is 1. The molecule has 4 N–H and O–H groups in total. The maximum Gasteiger partial charge on any atom is 0.305 e. The van der Waals surface area contributed by atoms with Crippen molar-refractivity contribution in [3.63, 3.8) is 0 Å². The molecule has 0 aliphatic carbocycles. The fraction of sp³-hybridized carbons (Fsp3) is 0.318. The Bertz CT molecular complexity index is 1070. The van der Waals surface area contributed by atoms with Gasteiger partial charge in [-0.15, -0.1) is 0 Å². The molecule has 0 bridgehead atoms. The molecule has 1 aromatic heterocycles. The average Bonchev–Trinajstić information content (AvgIpc) is 3.08. The smallest absolute Gasteiger partial charge is 0.305 e. The van der Waals surface area contributed by atoms with E-state index in [-0.39, 0.29) is 18.9 Å². The third-order valence-electron chi connectivity index (χ3n) is 5.34. The number of rotatable bonds is 9. The maximum atomic E-state index is 13.1. The predicted octanol–water partition coefficient (Wildman–Crippen LogP) is 1.56. The van der Waals surface area contributed by atoms with Gasteiger partial charge in [-0.3, -0.25) is 19.2 Å². The predicted molar refractivity (Wildman–Crippen MR) is 113 cm³/mol. The molecule has 9 nitrogen and oxygen atoms in total. The molecule has 0 radical (unpaired) electrons. The van der Waals surface area contributed by atoms with E-state index in [1.54, 1.807) is 37.4 Å². The molecule has 3 rings (SSSR count). The monoisotopic (exact) mass is 442 g/mol. The standard InChI is InChI=1S/C22H23FN4O5/c1-2-17(21(31)26-16(9-20(29)30)18(28)10-23)27-11-14-4-3-12(7-15(14)22(27)32)13-5-6-25-19(24)8-13/h3-8,16-17H,2,9-11H2,1H3,(H2,24,25)(H,26,31)(H,29,30). The molecule has 0 fully saturated rings. The Morgan fingerprint density at radius 2 is 1.97 bits per heavy atom. The van der Waals surface area contributed by atoms with Gasteiger partial charge in [-0.05, 0) is 41.3 Å². The number of ketones is 1. The number of halogens is 1. The summed E-state index contributed by atoms with van der Waals surface area (Å²) in [5.74, 6) is -3.11. The molecule has 1 aromatic carbocycles. The molecule has 0 saturated heterocycles. The molecule has 1 aliphatic heterocycles. The summed E-state index contributed by atoms with van der Waals surface area (Å²) in [6, 6.07) is 6.37. The number of nitrogen functional groups attached to an aromatic ring is 1. The van der Waals surface area contributed by atoms with E-state index in [9.17, 15) is 23.6 Å². The van der Waals surface area contributed by atoms with Crippen molar-refractivity contribution in [2.75, 3.05) is 12.4 Å². The Labute approximate surface area is 183 Å². The Morgan fingerprint density at radius 1 is 1.25 bits per heavy atom. The largest absolute Gasteiger partial charge is 0.481 e. The average molecular weight is 442 g/mol. The van der Waals surface area contributed by atoms with Crippen LogP contribution >= 0.6 is 0 Å². The molecule has 0 saturated carbocycles. The number of nitrogens with zero attached hydrogens (tertiary/aromatic N) is 2. The maximum absolute atomic E-state index is 13.1. The summed E-state index contributed by atoms with van der Waals surface area (Å²) in [6.07, 6.45) is 1.05. The molecule has 2 atom stereocenters. The Morgan fingerprint density at radius 3 is 2.59 bits per heavy atom. The molecular weight excluding hydrogens is 419 g/mol. The highest BCUT2D eigenvalue weighted by Gasteiger charge is 2.37. The van der Waals surface area contributed by atoms with Crippen molar-refractivity contribution >= 4 is 29.4 Å². The molecule has 1 aliphatic rings. The van der Waals surface area contributed by atoms with Gasteiger partial charge >= 0.3 is 5.97 Å². The van der Waals surface area contributed by atoms with E-state index >= 15 is 0 Å². The van der Waals surface area contributed by atoms with Crippen LogP contribution in [0.4, 0.5) is 10.2 Å². The molecule has 32 heavy (non-hydrogen) atoms. The number of hydrogen-bond acceptors (Lipinski definition) is 6. The number of benzene rings is 1. The number of Topliss-reactive ketones (excluding diaryl/α,β-unsaturated/α-hetero) is 1. The molecule has 2 aromatic rings. The summed E-state index contributed by atoms with van der Waals surface area (Å²) < 4.78 is 12.8. The Kier molecular flexibility index (Phi) is 6.82. The number of nitrogens with one attached hydrogen (secondary N) is 1. The number of anilines is 1. The second kappa shape index (κ2) is 9.54. The van der Waals surface area contributed by atoms with Gasteiger partial charge < -0.3 is 21.1 Å². The molecule has 168 valence electrons. The van der Waals surface area contributed by atoms with E-state index < -0.39 is 42.8 Å². The van der Waals surface area contributed by atoms with Crippen LogP contribution in [0.25, 0.3) is 11.1 Å². The van der Waals surface area contributed by atoms with Crippen molar-refractivity contribution < 1.29 is 28.7 Å². The lowest BCUT2D eigenvalue weighted by molar-refractivity contribution is -0.140. The molecular formula is C22H23FN4O5. The molecule has 2 heterocycles. The highest BCUT2D eigenvalue weighted by atomic mass is 19.1. The zero-order valence-corrected chi connectivity index (χ0v) is 17.4. The van der Waals surface area contributed by atoms with Crippen LogP contribution < -0.4 is 11.1 Å². The van der Waals surface area contributed by atoms with Gasteiger partial charge in [-0.2, -0.15) is 0 Å². The van der Waals surface area contributed by atoms with E-state index in [2.05, 4.69) is 10.3 Å². The number of carboxylic acids is 1. The minimum absolute atomic E-state index is 0.180. The SMILES string of the molecule is CCC(C(=O)NC(CC(=O)O)C(=O)CF)N1Cc2ccc(-c3ccnc(N)c3)cc2C1=O. The van der Waals surface area contributed by atoms with E-state index in [1.165, 1.54) is 4.90 Å². The van der Waals surface area contributed by atoms with Crippen molar-refractivity contribution in [3.05, 3.63) is 47.7 Å². The molecule has 2 amide bonds. The van der Waals surface area contributed by atoms with Crippen molar-refractivity contribution in [1.82, 2.24) is 15.2 Å². The van der Waals surface area contributed by atoms with Crippen LogP contribution in [0.3, 0.4) is 0 Å². The quantitative estimate of drug-likeness (QED) is 0.535. The number of amides is 2. The number of pyridine rings is 1. The first-order chi connectivity index (χ1) is 15.2. The van der Waals surface area contributed by atoms with Gasteiger partial charge in [0.2, 0.25) is 5.91 Å². The van der Waals surface area contributed by atoms with E-state index in [0.717, 1.165) is 16.7 Å².